The average molecular weight is 179 g/mol. The first-order chi connectivity index (χ1) is 5.43. The Morgan fingerprint density at radius 1 is 1.17 bits per heavy atom. The molecule has 6 heteroatoms. The third-order valence-electron chi connectivity index (χ3n) is 1.36. The molecule has 0 saturated carbocycles. The number of aromatic hydroxyl groups is 1. The summed E-state index contributed by atoms with van der Waals surface area (Å²) in [5.41, 5.74) is -1.56. The third-order valence-corrected chi connectivity index (χ3v) is 1.36. The van der Waals surface area contributed by atoms with Crippen molar-refractivity contribution >= 4 is 12.4 Å². The van der Waals surface area contributed by atoms with Gasteiger partial charge in [0, 0.05) is 0 Å². The van der Waals surface area contributed by atoms with Crippen molar-refractivity contribution in [1.29, 1.82) is 0 Å². The first-order valence-corrected chi connectivity index (χ1v) is 3.10. The van der Waals surface area contributed by atoms with Crippen molar-refractivity contribution in [3.63, 3.8) is 0 Å². The molecule has 12 heavy (non-hydrogen) atoms. The first kappa shape index (κ1) is 8.90. The van der Waals surface area contributed by atoms with Gasteiger partial charge >= 0.3 is 6.98 Å². The van der Waals surface area contributed by atoms with E-state index in [1.54, 1.807) is 0 Å². The van der Waals surface area contributed by atoms with Crippen LogP contribution in [-0.4, -0.2) is 12.1 Å². The molecular weight excluding hydrogens is 175 g/mol. The summed E-state index contributed by atoms with van der Waals surface area (Å²) in [6.45, 7) is -5.48. The number of hydrogen-bond donors (Lipinski definition) is 1. The molecule has 0 aliphatic carbocycles. The van der Waals surface area contributed by atoms with Crippen molar-refractivity contribution in [1.82, 2.24) is 0 Å². The van der Waals surface area contributed by atoms with E-state index in [-0.39, 0.29) is 0 Å². The summed E-state index contributed by atoms with van der Waals surface area (Å²) in [6, 6.07) is 2.47. The quantitative estimate of drug-likeness (QED) is 0.512. The number of hydrogen-bond acceptors (Lipinski definition) is 1. The van der Waals surface area contributed by atoms with E-state index in [1.165, 1.54) is 0 Å². The molecule has 1 aromatic rings. The van der Waals surface area contributed by atoms with E-state index in [9.17, 15) is 17.3 Å². The highest BCUT2D eigenvalue weighted by molar-refractivity contribution is 6.74. The number of halogens is 4. The molecule has 0 unspecified atom stereocenters. The molecule has 1 aromatic carbocycles. The van der Waals surface area contributed by atoms with E-state index >= 15 is 0 Å². The molecule has 0 heterocycles. The molecule has 0 atom stereocenters. The highest BCUT2D eigenvalue weighted by Gasteiger charge is 2.31. The van der Waals surface area contributed by atoms with Crippen LogP contribution in [-0.2, 0) is 0 Å². The Hall–Kier alpha value is -1.20. The van der Waals surface area contributed by atoms with Crippen molar-refractivity contribution in [3.8, 4) is 5.75 Å². The topological polar surface area (TPSA) is 20.2 Å². The minimum Gasteiger partial charge on any atom is -0.511 e. The van der Waals surface area contributed by atoms with Gasteiger partial charge < -0.3 is 18.1 Å². The Morgan fingerprint density at radius 3 is 2.08 bits per heavy atom. The summed E-state index contributed by atoms with van der Waals surface area (Å²) >= 11 is 0. The Bertz CT molecular complexity index is 276. The molecule has 0 bridgehead atoms. The highest BCUT2D eigenvalue weighted by Crippen LogP contribution is 2.18. The Morgan fingerprint density at radius 2 is 1.75 bits per heavy atom. The summed E-state index contributed by atoms with van der Waals surface area (Å²) < 4.78 is 48.4. The van der Waals surface area contributed by atoms with Gasteiger partial charge in [-0.25, -0.2) is 4.39 Å². The van der Waals surface area contributed by atoms with Crippen LogP contribution in [0.3, 0.4) is 0 Å². The minimum atomic E-state index is -5.48. The van der Waals surface area contributed by atoms with E-state index < -0.39 is 24.0 Å². The SMILES string of the molecule is Oc1cccc(F)c1[B-](F)(F)F. The predicted octanol–water partition coefficient (Wildman–Crippen LogP) is 1.59. The van der Waals surface area contributed by atoms with Crippen LogP contribution in [0.15, 0.2) is 18.2 Å². The zero-order valence-electron chi connectivity index (χ0n) is 5.77. The zero-order valence-corrected chi connectivity index (χ0v) is 5.77. The standard InChI is InChI=1S/C6H4BF4O/c8-4-2-1-3-5(12)6(4)7(9,10)11/h1-3,12H/q-1. The van der Waals surface area contributed by atoms with Gasteiger partial charge in [0.15, 0.2) is 0 Å². The molecule has 1 nitrogen and oxygen atoms in total. The molecule has 66 valence electrons. The number of phenols is 1. The van der Waals surface area contributed by atoms with Gasteiger partial charge in [0.1, 0.15) is 0 Å². The Balaban J connectivity index is 3.31. The van der Waals surface area contributed by atoms with Gasteiger partial charge in [-0.05, 0) is 17.6 Å². The summed E-state index contributed by atoms with van der Waals surface area (Å²) in [5, 5.41) is 8.68. The fourth-order valence-corrected chi connectivity index (χ4v) is 0.850. The van der Waals surface area contributed by atoms with Gasteiger partial charge in [0.2, 0.25) is 0 Å². The van der Waals surface area contributed by atoms with Crippen LogP contribution in [0.25, 0.3) is 0 Å². The van der Waals surface area contributed by atoms with Gasteiger partial charge in [-0.1, -0.05) is 6.07 Å². The maximum atomic E-state index is 12.5. The lowest BCUT2D eigenvalue weighted by Crippen LogP contribution is -2.36. The second-order valence-corrected chi connectivity index (χ2v) is 2.25. The number of rotatable bonds is 1. The fraction of sp³-hybridized carbons (Fsp3) is 0. The molecule has 1 rings (SSSR count). The van der Waals surface area contributed by atoms with E-state index in [4.69, 9.17) is 5.11 Å². The van der Waals surface area contributed by atoms with Crippen LogP contribution in [0.1, 0.15) is 0 Å². The largest absolute Gasteiger partial charge is 0.516 e. The monoisotopic (exact) mass is 179 g/mol. The van der Waals surface area contributed by atoms with Crippen LogP contribution in [0.4, 0.5) is 17.3 Å². The Kier molecular flexibility index (Phi) is 2.00. The normalized spacial score (nSPS) is 11.7. The molecule has 0 aromatic heterocycles. The number of phenolic OH excluding ortho intramolecular Hbond substituents is 1. The molecule has 0 aliphatic rings. The number of benzene rings is 1. The Labute approximate surface area is 65.7 Å². The summed E-state index contributed by atoms with van der Waals surface area (Å²) in [5.74, 6) is -2.51. The van der Waals surface area contributed by atoms with Gasteiger partial charge in [-0.3, -0.25) is 0 Å². The van der Waals surface area contributed by atoms with Gasteiger partial charge in [0.05, 0.1) is 11.6 Å². The second-order valence-electron chi connectivity index (χ2n) is 2.25. The lowest BCUT2D eigenvalue weighted by molar-refractivity contribution is 0.455. The predicted molar refractivity (Wildman–Crippen MR) is 36.8 cm³/mol. The van der Waals surface area contributed by atoms with E-state index in [0.717, 1.165) is 12.1 Å². The van der Waals surface area contributed by atoms with E-state index in [0.29, 0.717) is 6.07 Å². The summed E-state index contributed by atoms with van der Waals surface area (Å²) in [6.07, 6.45) is 0. The smallest absolute Gasteiger partial charge is 0.511 e. The molecule has 1 N–H and O–H groups in total. The molecule has 0 amide bonds. The van der Waals surface area contributed by atoms with Gasteiger partial charge in [-0.15, -0.1) is 0 Å². The van der Waals surface area contributed by atoms with Crippen LogP contribution >= 0.6 is 0 Å². The first-order valence-electron chi connectivity index (χ1n) is 3.10. The molecule has 0 aliphatic heterocycles. The van der Waals surface area contributed by atoms with E-state index in [1.807, 2.05) is 0 Å². The molecule has 0 radical (unpaired) electrons. The van der Waals surface area contributed by atoms with Crippen LogP contribution in [0, 0.1) is 5.82 Å². The van der Waals surface area contributed by atoms with Crippen molar-refractivity contribution in [3.05, 3.63) is 24.0 Å². The average Bonchev–Trinajstić information content (AvgIpc) is 1.82. The zero-order chi connectivity index (χ0) is 9.35. The molecule has 0 saturated heterocycles. The lowest BCUT2D eigenvalue weighted by atomic mass is 9.79. The van der Waals surface area contributed by atoms with Crippen molar-refractivity contribution in [2.24, 2.45) is 0 Å². The van der Waals surface area contributed by atoms with Crippen molar-refractivity contribution in [2.75, 3.05) is 0 Å². The molecule has 0 spiro atoms. The highest BCUT2D eigenvalue weighted by atomic mass is 19.4. The lowest BCUT2D eigenvalue weighted by Gasteiger charge is -2.16. The second kappa shape index (κ2) is 2.69. The molecule has 0 fully saturated rings. The van der Waals surface area contributed by atoms with Gasteiger partial charge in [-0.2, -0.15) is 0 Å². The summed E-state index contributed by atoms with van der Waals surface area (Å²) in [7, 11) is 0. The maximum absolute atomic E-state index is 12.5. The van der Waals surface area contributed by atoms with Gasteiger partial charge in [0.25, 0.3) is 0 Å². The third kappa shape index (κ3) is 1.52. The van der Waals surface area contributed by atoms with Crippen LogP contribution in [0.5, 0.6) is 5.75 Å². The van der Waals surface area contributed by atoms with E-state index in [2.05, 4.69) is 0 Å². The maximum Gasteiger partial charge on any atom is 0.516 e. The molecular formula is C6H4BF4O-. The van der Waals surface area contributed by atoms with Crippen LogP contribution in [0.2, 0.25) is 0 Å². The van der Waals surface area contributed by atoms with Crippen LogP contribution < -0.4 is 5.46 Å². The minimum absolute atomic E-state index is 0.657. The van der Waals surface area contributed by atoms with Crippen molar-refractivity contribution < 1.29 is 22.4 Å². The van der Waals surface area contributed by atoms with Crippen molar-refractivity contribution in [2.45, 2.75) is 0 Å². The fourth-order valence-electron chi connectivity index (χ4n) is 0.850. The summed E-state index contributed by atoms with van der Waals surface area (Å²) in [4.78, 5) is 0.